The highest BCUT2D eigenvalue weighted by Crippen LogP contribution is 2.35. The van der Waals surface area contributed by atoms with Gasteiger partial charge in [0.2, 0.25) is 5.95 Å². The number of hydrogen-bond acceptors (Lipinski definition) is 5. The molecule has 1 heterocycles. The second kappa shape index (κ2) is 7.51. The minimum atomic E-state index is -4.63. The Hall–Kier alpha value is -3.31. The van der Waals surface area contributed by atoms with Gasteiger partial charge < -0.3 is 10.6 Å². The monoisotopic (exact) mass is 389 g/mol. The molecule has 0 aliphatic carbocycles. The zero-order valence-corrected chi connectivity index (χ0v) is 14.3. The third-order valence-corrected chi connectivity index (χ3v) is 3.72. The number of aromatic nitrogens is 2. The maximum Gasteiger partial charge on any atom is 0.421 e. The molecule has 0 saturated carbocycles. The normalized spacial score (nSPS) is 10.9. The first-order valence-electron chi connectivity index (χ1n) is 7.59. The summed E-state index contributed by atoms with van der Waals surface area (Å²) in [5.41, 5.74) is 0.317. The Morgan fingerprint density at radius 3 is 2.11 bits per heavy atom. The van der Waals surface area contributed by atoms with E-state index in [9.17, 15) is 13.2 Å². The highest BCUT2D eigenvalue weighted by atomic mass is 35.5. The van der Waals surface area contributed by atoms with Gasteiger partial charge in [-0.05, 0) is 48.5 Å². The van der Waals surface area contributed by atoms with Gasteiger partial charge in [0.25, 0.3) is 0 Å². The van der Waals surface area contributed by atoms with Crippen LogP contribution in [0, 0.1) is 11.3 Å². The lowest BCUT2D eigenvalue weighted by molar-refractivity contribution is -0.137. The molecule has 0 spiro atoms. The Kier molecular flexibility index (Phi) is 5.14. The predicted molar refractivity (Wildman–Crippen MR) is 96.2 cm³/mol. The molecule has 0 saturated heterocycles. The van der Waals surface area contributed by atoms with Gasteiger partial charge in [-0.15, -0.1) is 0 Å². The molecular formula is C18H11ClF3N5. The molecule has 0 aliphatic rings. The molecule has 0 aliphatic heterocycles. The van der Waals surface area contributed by atoms with Crippen LogP contribution >= 0.6 is 11.6 Å². The first-order valence-corrected chi connectivity index (χ1v) is 7.97. The number of nitrogens with zero attached hydrogens (tertiary/aromatic N) is 3. The summed E-state index contributed by atoms with van der Waals surface area (Å²) in [6.07, 6.45) is -3.93. The molecule has 0 unspecified atom stereocenters. The van der Waals surface area contributed by atoms with Crippen LogP contribution in [0.1, 0.15) is 11.1 Å². The van der Waals surface area contributed by atoms with Gasteiger partial charge in [0, 0.05) is 22.6 Å². The van der Waals surface area contributed by atoms with Crippen molar-refractivity contribution in [3.63, 3.8) is 0 Å². The topological polar surface area (TPSA) is 73.6 Å². The van der Waals surface area contributed by atoms with E-state index in [1.54, 1.807) is 24.3 Å². The van der Waals surface area contributed by atoms with Crippen molar-refractivity contribution in [3.8, 4) is 6.07 Å². The number of halogens is 4. The number of nitriles is 1. The standard InChI is InChI=1S/C18H11ClF3N5/c19-12-3-7-14(8-4-12)26-17-24-10-15(18(20,21)22)16(27-17)25-13-5-1-11(9-23)2-6-13/h1-8,10H,(H2,24,25,26,27). The summed E-state index contributed by atoms with van der Waals surface area (Å²) in [5, 5.41) is 14.8. The molecule has 0 atom stereocenters. The van der Waals surface area contributed by atoms with Gasteiger partial charge in [0.05, 0.1) is 11.6 Å². The van der Waals surface area contributed by atoms with Crippen molar-refractivity contribution < 1.29 is 13.2 Å². The van der Waals surface area contributed by atoms with E-state index in [2.05, 4.69) is 20.6 Å². The van der Waals surface area contributed by atoms with Gasteiger partial charge in [-0.25, -0.2) is 4.98 Å². The first kappa shape index (κ1) is 18.5. The average Bonchev–Trinajstić information content (AvgIpc) is 2.63. The molecule has 1 aromatic heterocycles. The zero-order valence-electron chi connectivity index (χ0n) is 13.5. The van der Waals surface area contributed by atoms with Crippen molar-refractivity contribution in [2.45, 2.75) is 6.18 Å². The van der Waals surface area contributed by atoms with E-state index in [1.807, 2.05) is 6.07 Å². The van der Waals surface area contributed by atoms with Crippen LogP contribution in [0.3, 0.4) is 0 Å². The fraction of sp³-hybridized carbons (Fsp3) is 0.0556. The molecule has 0 bridgehead atoms. The lowest BCUT2D eigenvalue weighted by Crippen LogP contribution is -2.12. The third kappa shape index (κ3) is 4.65. The molecule has 0 radical (unpaired) electrons. The molecule has 5 nitrogen and oxygen atoms in total. The number of anilines is 4. The van der Waals surface area contributed by atoms with Gasteiger partial charge in [-0.2, -0.15) is 23.4 Å². The fourth-order valence-corrected chi connectivity index (χ4v) is 2.30. The second-order valence-electron chi connectivity index (χ2n) is 5.40. The molecule has 2 N–H and O–H groups in total. The van der Waals surface area contributed by atoms with E-state index in [4.69, 9.17) is 16.9 Å². The van der Waals surface area contributed by atoms with Crippen LogP contribution in [-0.2, 0) is 6.18 Å². The predicted octanol–water partition coefficient (Wildman–Crippen LogP) is 5.51. The molecule has 9 heteroatoms. The number of hydrogen-bond donors (Lipinski definition) is 2. The number of rotatable bonds is 4. The molecule has 27 heavy (non-hydrogen) atoms. The third-order valence-electron chi connectivity index (χ3n) is 3.47. The Balaban J connectivity index is 1.92. The van der Waals surface area contributed by atoms with Crippen molar-refractivity contribution in [1.82, 2.24) is 9.97 Å². The molecule has 0 fully saturated rings. The van der Waals surface area contributed by atoms with E-state index >= 15 is 0 Å². The van der Waals surface area contributed by atoms with Gasteiger partial charge in [0.1, 0.15) is 11.4 Å². The minimum absolute atomic E-state index is 0.0125. The van der Waals surface area contributed by atoms with Crippen LogP contribution in [0.4, 0.5) is 36.3 Å². The summed E-state index contributed by atoms with van der Waals surface area (Å²) in [6.45, 7) is 0. The second-order valence-corrected chi connectivity index (χ2v) is 5.84. The summed E-state index contributed by atoms with van der Waals surface area (Å²) in [7, 11) is 0. The van der Waals surface area contributed by atoms with E-state index < -0.39 is 17.6 Å². The summed E-state index contributed by atoms with van der Waals surface area (Å²) in [5.74, 6) is -0.417. The summed E-state index contributed by atoms with van der Waals surface area (Å²) in [4.78, 5) is 7.68. The van der Waals surface area contributed by atoms with E-state index in [-0.39, 0.29) is 5.95 Å². The molecule has 3 aromatic rings. The van der Waals surface area contributed by atoms with Crippen LogP contribution < -0.4 is 10.6 Å². The van der Waals surface area contributed by atoms with Crippen LogP contribution in [0.5, 0.6) is 0 Å². The van der Waals surface area contributed by atoms with E-state index in [0.29, 0.717) is 28.2 Å². The maximum atomic E-state index is 13.3. The summed E-state index contributed by atoms with van der Waals surface area (Å²) >= 11 is 5.81. The van der Waals surface area contributed by atoms with Gasteiger partial charge in [0.15, 0.2) is 0 Å². The molecule has 136 valence electrons. The number of alkyl halides is 3. The van der Waals surface area contributed by atoms with Crippen LogP contribution in [0.15, 0.2) is 54.7 Å². The Morgan fingerprint density at radius 2 is 1.52 bits per heavy atom. The lowest BCUT2D eigenvalue weighted by atomic mass is 10.2. The molecular weight excluding hydrogens is 379 g/mol. The maximum absolute atomic E-state index is 13.3. The largest absolute Gasteiger partial charge is 0.421 e. The Morgan fingerprint density at radius 1 is 0.926 bits per heavy atom. The van der Waals surface area contributed by atoms with Gasteiger partial charge in [-0.3, -0.25) is 0 Å². The van der Waals surface area contributed by atoms with Crippen molar-refractivity contribution in [2.24, 2.45) is 0 Å². The molecule has 0 amide bonds. The lowest BCUT2D eigenvalue weighted by Gasteiger charge is -2.15. The average molecular weight is 390 g/mol. The van der Waals surface area contributed by atoms with Crippen molar-refractivity contribution >= 4 is 34.7 Å². The first-order chi connectivity index (χ1) is 12.8. The minimum Gasteiger partial charge on any atom is -0.340 e. The van der Waals surface area contributed by atoms with Crippen LogP contribution in [-0.4, -0.2) is 9.97 Å². The van der Waals surface area contributed by atoms with Crippen LogP contribution in [0.25, 0.3) is 0 Å². The highest BCUT2D eigenvalue weighted by molar-refractivity contribution is 6.30. The summed E-state index contributed by atoms with van der Waals surface area (Å²) in [6, 6.07) is 14.5. The Bertz CT molecular complexity index is 980. The molecule has 2 aromatic carbocycles. The molecule has 3 rings (SSSR count). The van der Waals surface area contributed by atoms with Crippen molar-refractivity contribution in [2.75, 3.05) is 10.6 Å². The SMILES string of the molecule is N#Cc1ccc(Nc2nc(Nc3ccc(Cl)cc3)ncc2C(F)(F)F)cc1. The van der Waals surface area contributed by atoms with E-state index in [0.717, 1.165) is 0 Å². The fourth-order valence-electron chi connectivity index (χ4n) is 2.17. The quantitative estimate of drug-likeness (QED) is 0.615. The summed E-state index contributed by atoms with van der Waals surface area (Å²) < 4.78 is 39.8. The number of nitrogens with one attached hydrogen (secondary N) is 2. The smallest absolute Gasteiger partial charge is 0.340 e. The van der Waals surface area contributed by atoms with Gasteiger partial charge >= 0.3 is 6.18 Å². The zero-order chi connectivity index (χ0) is 19.4. The van der Waals surface area contributed by atoms with Crippen molar-refractivity contribution in [3.05, 3.63) is 70.9 Å². The Labute approximate surface area is 157 Å². The number of benzene rings is 2. The van der Waals surface area contributed by atoms with E-state index in [1.165, 1.54) is 24.3 Å². The van der Waals surface area contributed by atoms with Gasteiger partial charge in [-0.1, -0.05) is 11.6 Å². The van der Waals surface area contributed by atoms with Crippen LogP contribution in [0.2, 0.25) is 5.02 Å². The highest BCUT2D eigenvalue weighted by Gasteiger charge is 2.35. The van der Waals surface area contributed by atoms with Crippen molar-refractivity contribution in [1.29, 1.82) is 5.26 Å².